The average Bonchev–Trinajstić information content (AvgIpc) is 2.48. The molecule has 0 radical (unpaired) electrons. The first-order chi connectivity index (χ1) is 10.2. The highest BCUT2D eigenvalue weighted by molar-refractivity contribution is 7.80. The number of ether oxygens (including phenoxy) is 1. The first-order valence-electron chi connectivity index (χ1n) is 6.87. The summed E-state index contributed by atoms with van der Waals surface area (Å²) in [5.74, 6) is 1.65. The van der Waals surface area contributed by atoms with Crippen molar-refractivity contribution in [1.29, 1.82) is 0 Å². The monoisotopic (exact) mass is 301 g/mol. The van der Waals surface area contributed by atoms with Crippen LogP contribution in [-0.2, 0) is 6.54 Å². The zero-order valence-corrected chi connectivity index (χ0v) is 13.0. The van der Waals surface area contributed by atoms with Crippen LogP contribution in [0.25, 0.3) is 0 Å². The van der Waals surface area contributed by atoms with Crippen LogP contribution in [0.2, 0.25) is 0 Å². The number of hydrogen-bond donors (Lipinski definition) is 2. The molecule has 21 heavy (non-hydrogen) atoms. The topological polar surface area (TPSA) is 46.2 Å². The lowest BCUT2D eigenvalue weighted by molar-refractivity contribution is 0.340. The molecular formula is C16H19N3OS. The lowest BCUT2D eigenvalue weighted by Gasteiger charge is -2.12. The van der Waals surface area contributed by atoms with Crippen LogP contribution in [0.1, 0.15) is 18.1 Å². The van der Waals surface area contributed by atoms with E-state index >= 15 is 0 Å². The molecule has 0 atom stereocenters. The summed E-state index contributed by atoms with van der Waals surface area (Å²) < 4.78 is 5.48. The average molecular weight is 301 g/mol. The first kappa shape index (κ1) is 15.3. The molecule has 2 N–H and O–H groups in total. The molecule has 2 aromatic rings. The Bertz CT molecular complexity index is 616. The van der Waals surface area contributed by atoms with Crippen LogP contribution in [0.15, 0.2) is 42.6 Å². The molecule has 5 heteroatoms. The van der Waals surface area contributed by atoms with Crippen molar-refractivity contribution in [2.24, 2.45) is 0 Å². The van der Waals surface area contributed by atoms with Gasteiger partial charge >= 0.3 is 0 Å². The smallest absolute Gasteiger partial charge is 0.172 e. The van der Waals surface area contributed by atoms with Crippen molar-refractivity contribution in [3.8, 4) is 5.75 Å². The number of rotatable bonds is 5. The Labute approximate surface area is 130 Å². The van der Waals surface area contributed by atoms with Crippen molar-refractivity contribution >= 4 is 23.1 Å². The van der Waals surface area contributed by atoms with E-state index in [9.17, 15) is 0 Å². The summed E-state index contributed by atoms with van der Waals surface area (Å²) >= 11 is 5.29. The maximum atomic E-state index is 5.48. The molecule has 0 aliphatic heterocycles. The van der Waals surface area contributed by atoms with Crippen molar-refractivity contribution in [3.63, 3.8) is 0 Å². The molecule has 0 fully saturated rings. The SMILES string of the molecule is CCOc1cccc(CNC(=S)Nc2ncccc2C)c1. The van der Waals surface area contributed by atoms with Gasteiger partial charge in [-0.05, 0) is 55.4 Å². The zero-order chi connectivity index (χ0) is 15.1. The van der Waals surface area contributed by atoms with E-state index in [4.69, 9.17) is 17.0 Å². The third-order valence-electron chi connectivity index (χ3n) is 2.90. The molecule has 0 aliphatic carbocycles. The van der Waals surface area contributed by atoms with Gasteiger partial charge in [0.2, 0.25) is 0 Å². The highest BCUT2D eigenvalue weighted by atomic mass is 32.1. The summed E-state index contributed by atoms with van der Waals surface area (Å²) in [7, 11) is 0. The summed E-state index contributed by atoms with van der Waals surface area (Å²) in [5.41, 5.74) is 2.17. The zero-order valence-electron chi connectivity index (χ0n) is 12.2. The number of hydrogen-bond acceptors (Lipinski definition) is 3. The van der Waals surface area contributed by atoms with Crippen LogP contribution >= 0.6 is 12.2 Å². The van der Waals surface area contributed by atoms with E-state index in [1.165, 1.54) is 0 Å². The molecule has 0 amide bonds. The van der Waals surface area contributed by atoms with Crippen LogP contribution in [0.4, 0.5) is 5.82 Å². The standard InChI is InChI=1S/C16H19N3OS/c1-3-20-14-8-4-7-13(10-14)11-18-16(21)19-15-12(2)6-5-9-17-15/h4-10H,3,11H2,1-2H3,(H2,17,18,19,21). The van der Waals surface area contributed by atoms with Gasteiger partial charge in [-0.25, -0.2) is 4.98 Å². The highest BCUT2D eigenvalue weighted by Gasteiger charge is 2.02. The minimum atomic E-state index is 0.554. The van der Waals surface area contributed by atoms with Gasteiger partial charge < -0.3 is 15.4 Å². The van der Waals surface area contributed by atoms with Gasteiger partial charge in [-0.3, -0.25) is 0 Å². The summed E-state index contributed by atoms with van der Waals surface area (Å²) in [6.07, 6.45) is 1.74. The van der Waals surface area contributed by atoms with Gasteiger partial charge in [-0.15, -0.1) is 0 Å². The van der Waals surface area contributed by atoms with Crippen molar-refractivity contribution in [3.05, 3.63) is 53.7 Å². The van der Waals surface area contributed by atoms with Crippen LogP contribution in [0.5, 0.6) is 5.75 Å². The third kappa shape index (κ3) is 4.72. The van der Waals surface area contributed by atoms with E-state index in [-0.39, 0.29) is 0 Å². The maximum Gasteiger partial charge on any atom is 0.172 e. The molecule has 1 heterocycles. The number of aromatic nitrogens is 1. The number of nitrogens with one attached hydrogen (secondary N) is 2. The molecule has 4 nitrogen and oxygen atoms in total. The molecule has 110 valence electrons. The van der Waals surface area contributed by atoms with Gasteiger partial charge in [0.25, 0.3) is 0 Å². The summed E-state index contributed by atoms with van der Waals surface area (Å²) in [4.78, 5) is 4.25. The largest absolute Gasteiger partial charge is 0.494 e. The molecule has 0 saturated heterocycles. The Kier molecular flexibility index (Phi) is 5.51. The van der Waals surface area contributed by atoms with Crippen LogP contribution in [-0.4, -0.2) is 16.7 Å². The highest BCUT2D eigenvalue weighted by Crippen LogP contribution is 2.13. The lowest BCUT2D eigenvalue weighted by Crippen LogP contribution is -2.28. The van der Waals surface area contributed by atoms with Crippen LogP contribution in [0.3, 0.4) is 0 Å². The normalized spacial score (nSPS) is 10.0. The summed E-state index contributed by atoms with van der Waals surface area (Å²) in [6.45, 7) is 5.26. The lowest BCUT2D eigenvalue weighted by atomic mass is 10.2. The molecule has 0 aliphatic rings. The molecular weight excluding hydrogens is 282 g/mol. The molecule has 0 spiro atoms. The number of benzene rings is 1. The minimum absolute atomic E-state index is 0.554. The Morgan fingerprint density at radius 1 is 1.29 bits per heavy atom. The predicted molar refractivity (Wildman–Crippen MR) is 89.6 cm³/mol. The number of nitrogens with zero attached hydrogens (tertiary/aromatic N) is 1. The Hall–Kier alpha value is -2.14. The van der Waals surface area contributed by atoms with E-state index in [0.29, 0.717) is 18.3 Å². The number of aryl methyl sites for hydroxylation is 1. The Morgan fingerprint density at radius 3 is 2.90 bits per heavy atom. The molecule has 1 aromatic carbocycles. The van der Waals surface area contributed by atoms with Crippen LogP contribution < -0.4 is 15.4 Å². The second-order valence-corrected chi connectivity index (χ2v) is 4.97. The molecule has 1 aromatic heterocycles. The van der Waals surface area contributed by atoms with E-state index < -0.39 is 0 Å². The fraction of sp³-hybridized carbons (Fsp3) is 0.250. The van der Waals surface area contributed by atoms with Crippen LogP contribution in [0, 0.1) is 6.92 Å². The van der Waals surface area contributed by atoms with E-state index in [2.05, 4.69) is 15.6 Å². The molecule has 0 saturated carbocycles. The van der Waals surface area contributed by atoms with Gasteiger partial charge in [-0.1, -0.05) is 18.2 Å². The number of thiocarbonyl (C=S) groups is 1. The van der Waals surface area contributed by atoms with E-state index in [1.807, 2.05) is 50.2 Å². The molecule has 0 bridgehead atoms. The maximum absolute atomic E-state index is 5.48. The minimum Gasteiger partial charge on any atom is -0.494 e. The number of pyridine rings is 1. The van der Waals surface area contributed by atoms with E-state index in [1.54, 1.807) is 6.20 Å². The van der Waals surface area contributed by atoms with Gasteiger partial charge in [0.05, 0.1) is 6.61 Å². The fourth-order valence-corrected chi connectivity index (χ4v) is 2.03. The van der Waals surface area contributed by atoms with E-state index in [0.717, 1.165) is 22.7 Å². The van der Waals surface area contributed by atoms with Crippen molar-refractivity contribution in [2.75, 3.05) is 11.9 Å². The molecule has 0 unspecified atom stereocenters. The van der Waals surface area contributed by atoms with Crippen molar-refractivity contribution in [1.82, 2.24) is 10.3 Å². The van der Waals surface area contributed by atoms with Crippen molar-refractivity contribution in [2.45, 2.75) is 20.4 Å². The van der Waals surface area contributed by atoms with Gasteiger partial charge in [-0.2, -0.15) is 0 Å². The fourth-order valence-electron chi connectivity index (χ4n) is 1.86. The second kappa shape index (κ2) is 7.59. The summed E-state index contributed by atoms with van der Waals surface area (Å²) in [6, 6.07) is 11.8. The Morgan fingerprint density at radius 2 is 2.14 bits per heavy atom. The van der Waals surface area contributed by atoms with Crippen molar-refractivity contribution < 1.29 is 4.74 Å². The quantitative estimate of drug-likeness (QED) is 0.830. The summed E-state index contributed by atoms with van der Waals surface area (Å²) in [5, 5.41) is 6.82. The predicted octanol–water partition coefficient (Wildman–Crippen LogP) is 3.28. The molecule has 2 rings (SSSR count). The first-order valence-corrected chi connectivity index (χ1v) is 7.28. The third-order valence-corrected chi connectivity index (χ3v) is 3.15. The van der Waals surface area contributed by atoms with Gasteiger partial charge in [0, 0.05) is 12.7 Å². The van der Waals surface area contributed by atoms with Gasteiger partial charge in [0.1, 0.15) is 11.6 Å². The number of anilines is 1. The Balaban J connectivity index is 1.89. The second-order valence-electron chi connectivity index (χ2n) is 4.56. The van der Waals surface area contributed by atoms with Gasteiger partial charge in [0.15, 0.2) is 5.11 Å².